The van der Waals surface area contributed by atoms with Gasteiger partial charge in [-0.3, -0.25) is 28.8 Å². The van der Waals surface area contributed by atoms with Gasteiger partial charge in [0, 0.05) is 6.42 Å². The fraction of sp³-hybridized carbons (Fsp3) is 0.588. The van der Waals surface area contributed by atoms with Gasteiger partial charge in [0.2, 0.25) is 23.6 Å². The highest BCUT2D eigenvalue weighted by Crippen LogP contribution is 2.02. The van der Waals surface area contributed by atoms with Crippen LogP contribution < -0.4 is 27.4 Å². The van der Waals surface area contributed by atoms with Crippen LogP contribution in [0.15, 0.2) is 0 Å². The molecule has 0 bridgehead atoms. The van der Waals surface area contributed by atoms with Crippen molar-refractivity contribution in [3.63, 3.8) is 0 Å². The first-order valence-corrected chi connectivity index (χ1v) is 9.45. The normalized spacial score (nSPS) is 15.1. The lowest BCUT2D eigenvalue weighted by atomic mass is 10.1. The zero-order chi connectivity index (χ0) is 25.9. The Morgan fingerprint density at radius 3 is 1.76 bits per heavy atom. The Kier molecular flexibility index (Phi) is 12.0. The first-order valence-electron chi connectivity index (χ1n) is 9.45. The van der Waals surface area contributed by atoms with Crippen LogP contribution in [0, 0.1) is 0 Å². The SMILES string of the molecule is CC(O)C(NC(=O)C(CC(N)=O)NC(=O)C(N)CCC(=O)O)C(=O)NC(CC(=O)O)C(=O)O. The van der Waals surface area contributed by atoms with E-state index in [9.17, 15) is 38.7 Å². The van der Waals surface area contributed by atoms with Crippen LogP contribution in [-0.4, -0.2) is 92.2 Å². The molecule has 0 aromatic rings. The fourth-order valence-electron chi connectivity index (χ4n) is 2.39. The van der Waals surface area contributed by atoms with Crippen LogP contribution in [0.2, 0.25) is 0 Å². The summed E-state index contributed by atoms with van der Waals surface area (Å²) in [6, 6.07) is -6.70. The molecule has 0 spiro atoms. The second-order valence-electron chi connectivity index (χ2n) is 6.99. The minimum absolute atomic E-state index is 0.287. The molecule has 0 fully saturated rings. The van der Waals surface area contributed by atoms with Gasteiger partial charge in [-0.1, -0.05) is 0 Å². The van der Waals surface area contributed by atoms with Crippen LogP contribution in [0.4, 0.5) is 0 Å². The molecule has 0 aliphatic rings. The van der Waals surface area contributed by atoms with Crippen LogP contribution in [0.25, 0.3) is 0 Å². The molecule has 0 aromatic heterocycles. The highest BCUT2D eigenvalue weighted by Gasteiger charge is 2.33. The summed E-state index contributed by atoms with van der Waals surface area (Å²) < 4.78 is 0. The van der Waals surface area contributed by atoms with Gasteiger partial charge in [0.25, 0.3) is 0 Å². The maximum atomic E-state index is 12.5. The van der Waals surface area contributed by atoms with Crippen LogP contribution in [0.5, 0.6) is 0 Å². The van der Waals surface area contributed by atoms with Crippen LogP contribution in [-0.2, 0) is 33.6 Å². The second kappa shape index (κ2) is 13.6. The molecule has 0 heterocycles. The molecule has 0 radical (unpaired) electrons. The first-order chi connectivity index (χ1) is 15.1. The topological polar surface area (TPSA) is 289 Å². The third-order valence-electron chi connectivity index (χ3n) is 4.10. The third kappa shape index (κ3) is 11.4. The number of rotatable bonds is 15. The van der Waals surface area contributed by atoms with E-state index >= 15 is 0 Å². The standard InChI is InChI=1S/C17H27N5O11/c1-6(23)13(16(31)21-9(17(32)33)5-12(27)28)22-15(30)8(4-10(19)24)20-14(29)7(18)2-3-11(25)26/h6-9,13,23H,2-5,18H2,1H3,(H2,19,24)(H,20,29)(H,21,31)(H,22,30)(H,25,26)(H,27,28)(H,32,33). The van der Waals surface area contributed by atoms with E-state index in [1.54, 1.807) is 0 Å². The summed E-state index contributed by atoms with van der Waals surface area (Å²) in [5.74, 6) is -8.92. The van der Waals surface area contributed by atoms with Crippen molar-refractivity contribution in [2.24, 2.45) is 11.5 Å². The zero-order valence-electron chi connectivity index (χ0n) is 17.5. The van der Waals surface area contributed by atoms with Crippen molar-refractivity contribution in [1.82, 2.24) is 16.0 Å². The Hall–Kier alpha value is -3.79. The summed E-state index contributed by atoms with van der Waals surface area (Å²) in [5, 5.41) is 42.2. The summed E-state index contributed by atoms with van der Waals surface area (Å²) in [6.45, 7) is 1.06. The van der Waals surface area contributed by atoms with E-state index in [2.05, 4.69) is 5.32 Å². The van der Waals surface area contributed by atoms with Crippen molar-refractivity contribution in [2.75, 3.05) is 0 Å². The number of amides is 4. The highest BCUT2D eigenvalue weighted by atomic mass is 16.4. The van der Waals surface area contributed by atoms with Crippen molar-refractivity contribution >= 4 is 41.5 Å². The number of carboxylic acids is 3. The lowest BCUT2D eigenvalue weighted by Crippen LogP contribution is -2.60. The number of carboxylic acid groups (broad SMARTS) is 3. The van der Waals surface area contributed by atoms with Gasteiger partial charge in [-0.2, -0.15) is 0 Å². The van der Waals surface area contributed by atoms with Gasteiger partial charge in [0.15, 0.2) is 0 Å². The summed E-state index contributed by atoms with van der Waals surface area (Å²) in [4.78, 5) is 80.8. The number of carbonyl (C=O) groups is 7. The predicted molar refractivity (Wildman–Crippen MR) is 106 cm³/mol. The Morgan fingerprint density at radius 2 is 1.33 bits per heavy atom. The smallest absolute Gasteiger partial charge is 0.326 e. The van der Waals surface area contributed by atoms with E-state index in [1.807, 2.05) is 10.6 Å². The predicted octanol–water partition coefficient (Wildman–Crippen LogP) is -4.55. The molecule has 0 aromatic carbocycles. The van der Waals surface area contributed by atoms with Crippen molar-refractivity contribution in [2.45, 2.75) is 62.9 Å². The number of aliphatic hydroxyl groups is 1. The Morgan fingerprint density at radius 1 is 0.788 bits per heavy atom. The van der Waals surface area contributed by atoms with E-state index in [0.29, 0.717) is 0 Å². The number of nitrogens with two attached hydrogens (primary N) is 2. The Labute approximate surface area is 186 Å². The maximum Gasteiger partial charge on any atom is 0.326 e. The molecule has 0 saturated heterocycles. The average molecular weight is 477 g/mol. The van der Waals surface area contributed by atoms with E-state index in [4.69, 9.17) is 26.8 Å². The Balaban J connectivity index is 5.43. The number of hydrogen-bond acceptors (Lipinski definition) is 9. The maximum absolute atomic E-state index is 12.5. The zero-order valence-corrected chi connectivity index (χ0v) is 17.5. The summed E-state index contributed by atoms with van der Waals surface area (Å²) in [6.07, 6.45) is -4.10. The third-order valence-corrected chi connectivity index (χ3v) is 4.10. The van der Waals surface area contributed by atoms with Crippen LogP contribution in [0.1, 0.15) is 32.6 Å². The van der Waals surface area contributed by atoms with Crippen molar-refractivity contribution in [3.8, 4) is 0 Å². The molecule has 11 N–H and O–H groups in total. The molecule has 16 heteroatoms. The molecule has 186 valence electrons. The fourth-order valence-corrected chi connectivity index (χ4v) is 2.39. The van der Waals surface area contributed by atoms with Gasteiger partial charge < -0.3 is 47.8 Å². The van der Waals surface area contributed by atoms with Crippen molar-refractivity contribution in [3.05, 3.63) is 0 Å². The molecule has 5 unspecified atom stereocenters. The summed E-state index contributed by atoms with van der Waals surface area (Å²) in [7, 11) is 0. The monoisotopic (exact) mass is 477 g/mol. The Bertz CT molecular complexity index is 785. The summed E-state index contributed by atoms with van der Waals surface area (Å²) >= 11 is 0. The van der Waals surface area contributed by atoms with Crippen LogP contribution >= 0.6 is 0 Å². The lowest BCUT2D eigenvalue weighted by molar-refractivity contribution is -0.148. The minimum Gasteiger partial charge on any atom is -0.481 e. The number of aliphatic hydroxyl groups excluding tert-OH is 1. The number of hydrogen-bond donors (Lipinski definition) is 9. The van der Waals surface area contributed by atoms with Gasteiger partial charge in [-0.15, -0.1) is 0 Å². The quantitative estimate of drug-likeness (QED) is 0.108. The summed E-state index contributed by atoms with van der Waals surface area (Å²) in [5.41, 5.74) is 10.6. The average Bonchev–Trinajstić information content (AvgIpc) is 2.67. The van der Waals surface area contributed by atoms with Gasteiger partial charge in [0.05, 0.1) is 25.0 Å². The highest BCUT2D eigenvalue weighted by molar-refractivity contribution is 5.96. The minimum atomic E-state index is -1.87. The number of aliphatic carboxylic acids is 3. The van der Waals surface area contributed by atoms with Gasteiger partial charge >= 0.3 is 17.9 Å². The number of nitrogens with one attached hydrogen (secondary N) is 3. The van der Waals surface area contributed by atoms with E-state index in [1.165, 1.54) is 0 Å². The number of carbonyl (C=O) groups excluding carboxylic acids is 4. The largest absolute Gasteiger partial charge is 0.481 e. The molecule has 16 nitrogen and oxygen atoms in total. The number of primary amides is 1. The molecule has 0 rings (SSSR count). The lowest BCUT2D eigenvalue weighted by Gasteiger charge is -2.26. The van der Waals surface area contributed by atoms with Gasteiger partial charge in [-0.05, 0) is 13.3 Å². The first kappa shape index (κ1) is 29.2. The second-order valence-corrected chi connectivity index (χ2v) is 6.99. The molecular weight excluding hydrogens is 450 g/mol. The van der Waals surface area contributed by atoms with E-state index in [-0.39, 0.29) is 6.42 Å². The molecule has 4 amide bonds. The molecule has 0 aliphatic carbocycles. The van der Waals surface area contributed by atoms with Crippen molar-refractivity contribution < 1.29 is 54.0 Å². The van der Waals surface area contributed by atoms with E-state index in [0.717, 1.165) is 6.92 Å². The molecule has 0 saturated carbocycles. The van der Waals surface area contributed by atoms with Gasteiger partial charge in [-0.25, -0.2) is 4.79 Å². The molecular formula is C17H27N5O11. The molecule has 33 heavy (non-hydrogen) atoms. The van der Waals surface area contributed by atoms with Crippen molar-refractivity contribution in [1.29, 1.82) is 0 Å². The molecule has 0 aliphatic heterocycles. The van der Waals surface area contributed by atoms with Crippen LogP contribution in [0.3, 0.4) is 0 Å². The van der Waals surface area contributed by atoms with Gasteiger partial charge in [0.1, 0.15) is 18.1 Å². The molecule has 5 atom stereocenters. The van der Waals surface area contributed by atoms with E-state index < -0.39 is 91.1 Å².